The molecular weight excluding hydrogens is 1070 g/mol. The van der Waals surface area contributed by atoms with Crippen LogP contribution >= 0.6 is 0 Å². The standard InChI is InChI=1S/C25H15F39Si/c1-65(5-2-8(26,27)11(32,33)14(38,39)17(44,45)20(50,51)23(56,57)58,6-3-9(28,29)12(34,35)15(40,41)18(46,47)21(52,53)24(59,60)61)7-4-10(30,31)13(36,37)16(42,43)19(48,49)22(54,55)25(62,63)64/h2-7H2,1H3. The Morgan fingerprint density at radius 1 is 0.200 bits per heavy atom. The van der Waals surface area contributed by atoms with Crippen molar-refractivity contribution < 1.29 is 171 Å². The van der Waals surface area contributed by atoms with Crippen LogP contribution in [0.25, 0.3) is 0 Å². The summed E-state index contributed by atoms with van der Waals surface area (Å²) in [7, 11) is -6.55. The quantitative estimate of drug-likeness (QED) is 0.0794. The lowest BCUT2D eigenvalue weighted by Gasteiger charge is -2.42. The Labute approximate surface area is 331 Å². The summed E-state index contributed by atoms with van der Waals surface area (Å²) in [5.41, 5.74) is 0. The average Bonchev–Trinajstić information content (AvgIpc) is 3.06. The van der Waals surface area contributed by atoms with Crippen LogP contribution in [0.3, 0.4) is 0 Å². The lowest BCUT2D eigenvalue weighted by molar-refractivity contribution is -0.440. The Morgan fingerprint density at radius 3 is 0.446 bits per heavy atom. The highest BCUT2D eigenvalue weighted by molar-refractivity contribution is 6.78. The summed E-state index contributed by atoms with van der Waals surface area (Å²) >= 11 is 0. The van der Waals surface area contributed by atoms with Gasteiger partial charge in [0.05, 0.1) is 8.07 Å². The first-order chi connectivity index (χ1) is 27.4. The third kappa shape index (κ3) is 9.24. The Kier molecular flexibility index (Phi) is 15.7. The normalized spacial score (nSPS) is 17.0. The molecule has 0 heterocycles. The van der Waals surface area contributed by atoms with E-state index in [0.717, 1.165) is 0 Å². The van der Waals surface area contributed by atoms with Crippen molar-refractivity contribution >= 4 is 8.07 Å². The molecule has 0 nitrogen and oxygen atoms in total. The average molecular weight is 1080 g/mol. The fraction of sp³-hybridized carbons (Fsp3) is 1.00. The van der Waals surface area contributed by atoms with E-state index in [9.17, 15) is 171 Å². The topological polar surface area (TPSA) is 0 Å². The van der Waals surface area contributed by atoms with Crippen LogP contribution in [-0.4, -0.2) is 115 Å². The van der Waals surface area contributed by atoms with Crippen molar-refractivity contribution in [1.29, 1.82) is 0 Å². The fourth-order valence-corrected chi connectivity index (χ4v) is 8.13. The molecule has 0 atom stereocenters. The van der Waals surface area contributed by atoms with Gasteiger partial charge in [-0.25, -0.2) is 0 Å². The maximum Gasteiger partial charge on any atom is 0.460 e. The van der Waals surface area contributed by atoms with Crippen LogP contribution < -0.4 is 0 Å². The minimum absolute atomic E-state index is 0.677. The molecule has 0 bridgehead atoms. The number of rotatable bonds is 21. The van der Waals surface area contributed by atoms with Crippen LogP contribution in [0.1, 0.15) is 19.3 Å². The van der Waals surface area contributed by atoms with Crippen LogP contribution in [0, 0.1) is 0 Å². The van der Waals surface area contributed by atoms with E-state index in [0.29, 0.717) is 0 Å². The Balaban J connectivity index is 7.70. The summed E-state index contributed by atoms with van der Waals surface area (Å²) in [5, 5.41) is 0. The zero-order chi connectivity index (χ0) is 53.7. The third-order valence-corrected chi connectivity index (χ3v) is 13.5. The highest BCUT2D eigenvalue weighted by atomic mass is 28.3. The first-order valence-electron chi connectivity index (χ1n) is 15.2. The Bertz CT molecular complexity index is 1450. The van der Waals surface area contributed by atoms with Crippen molar-refractivity contribution in [2.24, 2.45) is 0 Å². The molecule has 0 unspecified atom stereocenters. The van der Waals surface area contributed by atoms with Crippen molar-refractivity contribution in [2.45, 2.75) is 151 Å². The summed E-state index contributed by atoms with van der Waals surface area (Å²) in [5.74, 6) is -127. The molecule has 0 aliphatic heterocycles. The molecule has 392 valence electrons. The van der Waals surface area contributed by atoms with Crippen LogP contribution in [0.4, 0.5) is 171 Å². The monoisotopic (exact) mass is 1080 g/mol. The van der Waals surface area contributed by atoms with Gasteiger partial charge in [0, 0.05) is 19.3 Å². The molecule has 0 spiro atoms. The number of hydrogen-bond donors (Lipinski definition) is 0. The van der Waals surface area contributed by atoms with Gasteiger partial charge in [0.2, 0.25) is 0 Å². The van der Waals surface area contributed by atoms with Crippen molar-refractivity contribution in [1.82, 2.24) is 0 Å². The van der Waals surface area contributed by atoms with Crippen LogP contribution in [-0.2, 0) is 0 Å². The first kappa shape index (κ1) is 62.5. The Morgan fingerprint density at radius 2 is 0.323 bits per heavy atom. The van der Waals surface area contributed by atoms with E-state index in [4.69, 9.17) is 0 Å². The third-order valence-electron chi connectivity index (χ3n) is 9.12. The number of alkyl halides is 39. The van der Waals surface area contributed by atoms with E-state index in [-0.39, 0.29) is 0 Å². The minimum Gasteiger partial charge on any atom is -0.200 e. The van der Waals surface area contributed by atoms with Gasteiger partial charge in [0.25, 0.3) is 0 Å². The highest BCUT2D eigenvalue weighted by Crippen LogP contribution is 2.65. The molecule has 0 saturated carbocycles. The van der Waals surface area contributed by atoms with Gasteiger partial charge in [-0.1, -0.05) is 24.7 Å². The molecule has 0 aliphatic carbocycles. The van der Waals surface area contributed by atoms with Gasteiger partial charge < -0.3 is 0 Å². The predicted octanol–water partition coefficient (Wildman–Crippen LogP) is 15.5. The van der Waals surface area contributed by atoms with Crippen molar-refractivity contribution in [3.63, 3.8) is 0 Å². The highest BCUT2D eigenvalue weighted by Gasteiger charge is 2.93. The summed E-state index contributed by atoms with van der Waals surface area (Å²) in [6.07, 6.45) is -36.3. The van der Waals surface area contributed by atoms with E-state index in [1.165, 1.54) is 0 Å². The number of hydrogen-bond acceptors (Lipinski definition) is 0. The summed E-state index contributed by atoms with van der Waals surface area (Å²) in [4.78, 5) is 0. The summed E-state index contributed by atoms with van der Waals surface area (Å²) in [6, 6.07) is -9.56. The van der Waals surface area contributed by atoms with Crippen molar-refractivity contribution in [2.75, 3.05) is 0 Å². The van der Waals surface area contributed by atoms with Crippen LogP contribution in [0.15, 0.2) is 0 Å². The van der Waals surface area contributed by atoms with E-state index in [1.54, 1.807) is 0 Å². The second-order valence-corrected chi connectivity index (χ2v) is 18.9. The molecule has 0 N–H and O–H groups in total. The van der Waals surface area contributed by atoms with Gasteiger partial charge in [-0.3, -0.25) is 0 Å². The smallest absolute Gasteiger partial charge is 0.200 e. The van der Waals surface area contributed by atoms with E-state index < -0.39 is 159 Å². The molecule has 0 aromatic heterocycles. The van der Waals surface area contributed by atoms with Gasteiger partial charge in [-0.2, -0.15) is 171 Å². The number of halogens is 39. The molecule has 0 aliphatic rings. The maximum absolute atomic E-state index is 14.5. The van der Waals surface area contributed by atoms with Crippen LogP contribution in [0.5, 0.6) is 0 Å². The van der Waals surface area contributed by atoms with Gasteiger partial charge in [0.15, 0.2) is 0 Å². The van der Waals surface area contributed by atoms with Gasteiger partial charge >= 0.3 is 107 Å². The first-order valence-corrected chi connectivity index (χ1v) is 18.4. The van der Waals surface area contributed by atoms with E-state index >= 15 is 0 Å². The SMILES string of the molecule is C[Si](CCC(F)(F)C(F)(F)C(F)(F)C(F)(F)C(F)(F)C(F)(F)F)(CCC(F)(F)C(F)(F)C(F)(F)C(F)(F)C(F)(F)C(F)(F)F)CCC(F)(F)C(F)(F)C(F)(F)C(F)(F)C(F)(F)C(F)(F)F. The van der Waals surface area contributed by atoms with Crippen molar-refractivity contribution in [3.8, 4) is 0 Å². The minimum atomic E-state index is -8.82. The zero-order valence-electron chi connectivity index (χ0n) is 29.5. The molecule has 0 amide bonds. The van der Waals surface area contributed by atoms with E-state index in [2.05, 4.69) is 0 Å². The largest absolute Gasteiger partial charge is 0.460 e. The van der Waals surface area contributed by atoms with Crippen LogP contribution in [0.2, 0.25) is 24.7 Å². The second-order valence-electron chi connectivity index (χ2n) is 13.8. The molecular formula is C25H15F39Si. The zero-order valence-corrected chi connectivity index (χ0v) is 30.5. The predicted molar refractivity (Wildman–Crippen MR) is 132 cm³/mol. The molecule has 0 aromatic carbocycles. The fourth-order valence-electron chi connectivity index (χ4n) is 4.63. The van der Waals surface area contributed by atoms with Crippen molar-refractivity contribution in [3.05, 3.63) is 0 Å². The maximum atomic E-state index is 14.5. The molecule has 0 aromatic rings. The molecule has 40 heteroatoms. The lowest BCUT2D eigenvalue weighted by Crippen LogP contribution is -2.70. The van der Waals surface area contributed by atoms with E-state index in [1.807, 2.05) is 0 Å². The van der Waals surface area contributed by atoms with Gasteiger partial charge in [-0.15, -0.1) is 0 Å². The summed E-state index contributed by atoms with van der Waals surface area (Å²) in [6.45, 7) is -0.677. The molecule has 65 heavy (non-hydrogen) atoms. The second kappa shape index (κ2) is 16.3. The molecule has 0 rings (SSSR count). The van der Waals surface area contributed by atoms with Gasteiger partial charge in [0.1, 0.15) is 0 Å². The lowest BCUT2D eigenvalue weighted by atomic mass is 9.93. The molecule has 0 radical (unpaired) electrons. The molecule has 0 fully saturated rings. The Hall–Kier alpha value is -2.51. The summed E-state index contributed by atoms with van der Waals surface area (Å²) < 4.78 is 526. The molecule has 0 saturated heterocycles. The van der Waals surface area contributed by atoms with Gasteiger partial charge in [-0.05, 0) is 0 Å².